The van der Waals surface area contributed by atoms with E-state index in [4.69, 9.17) is 0 Å². The van der Waals surface area contributed by atoms with E-state index in [1.807, 2.05) is 45.0 Å². The van der Waals surface area contributed by atoms with Gasteiger partial charge >= 0.3 is 0 Å². The molecule has 0 aliphatic heterocycles. The summed E-state index contributed by atoms with van der Waals surface area (Å²) in [5.41, 5.74) is 2.95. The Morgan fingerprint density at radius 1 is 1.14 bits per heavy atom. The van der Waals surface area contributed by atoms with Gasteiger partial charge in [0.1, 0.15) is 0 Å². The van der Waals surface area contributed by atoms with Crippen molar-refractivity contribution in [2.45, 2.75) is 20.8 Å². The number of likely N-dealkylation sites (N-methyl/N-ethyl adjacent to an activating group) is 1. The number of anilines is 1. The lowest BCUT2D eigenvalue weighted by Crippen LogP contribution is -2.34. The molecule has 0 bridgehead atoms. The predicted octanol–water partition coefficient (Wildman–Crippen LogP) is 3.38. The zero-order valence-corrected chi connectivity index (χ0v) is 14.1. The Bertz CT molecular complexity index is 706. The molecule has 1 aromatic carbocycles. The number of thiophene rings is 1. The van der Waals surface area contributed by atoms with Crippen LogP contribution in [0.2, 0.25) is 0 Å². The van der Waals surface area contributed by atoms with Crippen molar-refractivity contribution < 1.29 is 9.59 Å². The monoisotopic (exact) mass is 316 g/mol. The number of nitrogens with one attached hydrogen (secondary N) is 1. The number of nitrogens with zero attached hydrogens (tertiary/aromatic N) is 1. The molecule has 0 atom stereocenters. The van der Waals surface area contributed by atoms with Crippen LogP contribution in [0.1, 0.15) is 25.7 Å². The molecule has 116 valence electrons. The van der Waals surface area contributed by atoms with Crippen molar-refractivity contribution in [3.63, 3.8) is 0 Å². The molecule has 0 saturated heterocycles. The first-order valence-corrected chi connectivity index (χ1v) is 7.88. The molecule has 0 aliphatic rings. The van der Waals surface area contributed by atoms with Gasteiger partial charge in [0.2, 0.25) is 5.91 Å². The molecule has 1 N–H and O–H groups in total. The Morgan fingerprint density at radius 3 is 2.50 bits per heavy atom. The van der Waals surface area contributed by atoms with Crippen LogP contribution in [0.4, 0.5) is 5.69 Å². The van der Waals surface area contributed by atoms with Gasteiger partial charge in [-0.15, -0.1) is 11.3 Å². The van der Waals surface area contributed by atoms with Crippen LogP contribution in [0.5, 0.6) is 0 Å². The molecule has 0 spiro atoms. The first kappa shape index (κ1) is 16.2. The summed E-state index contributed by atoms with van der Waals surface area (Å²) in [4.78, 5) is 27.5. The van der Waals surface area contributed by atoms with Crippen LogP contribution < -0.4 is 5.32 Å². The summed E-state index contributed by atoms with van der Waals surface area (Å²) in [5.74, 6) is -0.327. The highest BCUT2D eigenvalue weighted by atomic mass is 32.1. The lowest BCUT2D eigenvalue weighted by molar-refractivity contribution is -0.116. The molecule has 22 heavy (non-hydrogen) atoms. The standard InChI is InChI=1S/C17H20N2O2S/c1-11-6-5-7-14(13(11)3)18-16(20)10-19(4)17(21)15-9-8-12(2)22-15/h5-9H,10H2,1-4H3,(H,18,20). The summed E-state index contributed by atoms with van der Waals surface area (Å²) in [7, 11) is 1.64. The van der Waals surface area contributed by atoms with Gasteiger partial charge in [0.05, 0.1) is 11.4 Å². The van der Waals surface area contributed by atoms with Gasteiger partial charge in [0.25, 0.3) is 5.91 Å². The number of hydrogen-bond donors (Lipinski definition) is 1. The minimum absolute atomic E-state index is 0.0309. The fourth-order valence-corrected chi connectivity index (χ4v) is 2.96. The number of rotatable bonds is 4. The summed E-state index contributed by atoms with van der Waals surface area (Å²) < 4.78 is 0. The van der Waals surface area contributed by atoms with E-state index in [2.05, 4.69) is 5.32 Å². The Balaban J connectivity index is 1.99. The summed E-state index contributed by atoms with van der Waals surface area (Å²) in [5, 5.41) is 2.86. The first-order chi connectivity index (χ1) is 10.4. The van der Waals surface area contributed by atoms with Crippen molar-refractivity contribution in [3.8, 4) is 0 Å². The molecule has 4 nitrogen and oxygen atoms in total. The van der Waals surface area contributed by atoms with E-state index >= 15 is 0 Å². The highest BCUT2D eigenvalue weighted by molar-refractivity contribution is 7.13. The van der Waals surface area contributed by atoms with Gasteiger partial charge < -0.3 is 10.2 Å². The highest BCUT2D eigenvalue weighted by Gasteiger charge is 2.16. The quantitative estimate of drug-likeness (QED) is 0.940. The maximum Gasteiger partial charge on any atom is 0.264 e. The Hall–Kier alpha value is -2.14. The molecule has 2 aromatic rings. The van der Waals surface area contributed by atoms with Crippen molar-refractivity contribution in [1.29, 1.82) is 0 Å². The van der Waals surface area contributed by atoms with E-state index < -0.39 is 0 Å². The zero-order valence-electron chi connectivity index (χ0n) is 13.3. The third-order valence-electron chi connectivity index (χ3n) is 3.56. The van der Waals surface area contributed by atoms with Crippen molar-refractivity contribution in [1.82, 2.24) is 4.90 Å². The zero-order chi connectivity index (χ0) is 16.3. The fraction of sp³-hybridized carbons (Fsp3) is 0.294. The first-order valence-electron chi connectivity index (χ1n) is 7.06. The average Bonchev–Trinajstić information content (AvgIpc) is 2.89. The van der Waals surface area contributed by atoms with Gasteiger partial charge in [-0.05, 0) is 50.1 Å². The minimum atomic E-state index is -0.196. The topological polar surface area (TPSA) is 49.4 Å². The van der Waals surface area contributed by atoms with E-state index in [1.165, 1.54) is 16.2 Å². The number of aryl methyl sites for hydroxylation is 2. The molecule has 5 heteroatoms. The van der Waals surface area contributed by atoms with E-state index in [1.54, 1.807) is 13.1 Å². The minimum Gasteiger partial charge on any atom is -0.332 e. The maximum atomic E-state index is 12.2. The lowest BCUT2D eigenvalue weighted by Gasteiger charge is -2.17. The van der Waals surface area contributed by atoms with E-state index in [0.717, 1.165) is 21.7 Å². The van der Waals surface area contributed by atoms with Crippen molar-refractivity contribution in [3.05, 3.63) is 51.2 Å². The van der Waals surface area contributed by atoms with E-state index in [9.17, 15) is 9.59 Å². The molecule has 2 rings (SSSR count). The molecule has 2 amide bonds. The number of benzene rings is 1. The highest BCUT2D eigenvalue weighted by Crippen LogP contribution is 2.19. The van der Waals surface area contributed by atoms with Gasteiger partial charge in [-0.25, -0.2) is 0 Å². The number of hydrogen-bond acceptors (Lipinski definition) is 3. The Kier molecular flexibility index (Phi) is 4.98. The summed E-state index contributed by atoms with van der Waals surface area (Å²) in [6, 6.07) is 9.47. The van der Waals surface area contributed by atoms with Crippen LogP contribution in [-0.4, -0.2) is 30.3 Å². The molecule has 0 radical (unpaired) electrons. The molecule has 1 aromatic heterocycles. The van der Waals surface area contributed by atoms with Crippen molar-refractivity contribution >= 4 is 28.8 Å². The van der Waals surface area contributed by atoms with Crippen LogP contribution in [0.3, 0.4) is 0 Å². The van der Waals surface area contributed by atoms with Crippen LogP contribution in [0.15, 0.2) is 30.3 Å². The lowest BCUT2D eigenvalue weighted by atomic mass is 10.1. The van der Waals surface area contributed by atoms with E-state index in [0.29, 0.717) is 4.88 Å². The SMILES string of the molecule is Cc1ccc(C(=O)N(C)CC(=O)Nc2cccc(C)c2C)s1. The predicted molar refractivity (Wildman–Crippen MR) is 90.6 cm³/mol. The van der Waals surface area contributed by atoms with Gasteiger partial charge in [-0.2, -0.15) is 0 Å². The van der Waals surface area contributed by atoms with Crippen LogP contribution >= 0.6 is 11.3 Å². The summed E-state index contributed by atoms with van der Waals surface area (Å²) >= 11 is 1.44. The fourth-order valence-electron chi connectivity index (χ4n) is 2.10. The van der Waals surface area contributed by atoms with E-state index in [-0.39, 0.29) is 18.4 Å². The molecule has 1 heterocycles. The van der Waals surface area contributed by atoms with Crippen LogP contribution in [0, 0.1) is 20.8 Å². The molecule has 0 fully saturated rings. The molecule has 0 unspecified atom stereocenters. The van der Waals surface area contributed by atoms with Gasteiger partial charge in [-0.3, -0.25) is 9.59 Å². The second kappa shape index (κ2) is 6.75. The molecule has 0 aliphatic carbocycles. The van der Waals surface area contributed by atoms with Gasteiger partial charge in [0, 0.05) is 17.6 Å². The molecule has 0 saturated carbocycles. The van der Waals surface area contributed by atoms with Crippen LogP contribution in [0.25, 0.3) is 0 Å². The molecular weight excluding hydrogens is 296 g/mol. The Labute approximate surface area is 134 Å². The smallest absolute Gasteiger partial charge is 0.264 e. The third-order valence-corrected chi connectivity index (χ3v) is 4.55. The van der Waals surface area contributed by atoms with Gasteiger partial charge in [-0.1, -0.05) is 12.1 Å². The Morgan fingerprint density at radius 2 is 1.86 bits per heavy atom. The van der Waals surface area contributed by atoms with Crippen LogP contribution in [-0.2, 0) is 4.79 Å². The number of amides is 2. The second-order valence-corrected chi connectivity index (χ2v) is 6.66. The van der Waals surface area contributed by atoms with Gasteiger partial charge in [0.15, 0.2) is 0 Å². The number of carbonyl (C=O) groups is 2. The third kappa shape index (κ3) is 3.74. The summed E-state index contributed by atoms with van der Waals surface area (Å²) in [6.45, 7) is 5.95. The normalized spacial score (nSPS) is 10.4. The maximum absolute atomic E-state index is 12.2. The van der Waals surface area contributed by atoms with Crippen molar-refractivity contribution in [2.24, 2.45) is 0 Å². The molecular formula is C17H20N2O2S. The summed E-state index contributed by atoms with van der Waals surface area (Å²) in [6.07, 6.45) is 0. The second-order valence-electron chi connectivity index (χ2n) is 5.37. The number of carbonyl (C=O) groups excluding carboxylic acids is 2. The largest absolute Gasteiger partial charge is 0.332 e. The average molecular weight is 316 g/mol. The van der Waals surface area contributed by atoms with Crippen molar-refractivity contribution in [2.75, 3.05) is 18.9 Å².